The van der Waals surface area contributed by atoms with Crippen molar-refractivity contribution in [2.75, 3.05) is 6.54 Å². The summed E-state index contributed by atoms with van der Waals surface area (Å²) in [6, 6.07) is 9.67. The highest BCUT2D eigenvalue weighted by Crippen LogP contribution is 2.33. The second-order valence-corrected chi connectivity index (χ2v) is 7.61. The van der Waals surface area contributed by atoms with E-state index in [9.17, 15) is 9.59 Å². The van der Waals surface area contributed by atoms with Crippen LogP contribution in [-0.2, 0) is 9.59 Å². The molecule has 27 heavy (non-hydrogen) atoms. The molecule has 0 bridgehead atoms. The number of aryl methyl sites for hydroxylation is 1. The molecule has 138 valence electrons. The van der Waals surface area contributed by atoms with Crippen molar-refractivity contribution in [3.63, 3.8) is 0 Å². The molecule has 3 rings (SSSR count). The molecule has 1 aromatic heterocycles. The number of hydrogen-bond donors (Lipinski definition) is 1. The van der Waals surface area contributed by atoms with E-state index in [1.54, 1.807) is 12.3 Å². The minimum atomic E-state index is -0.887. The van der Waals surface area contributed by atoms with Gasteiger partial charge in [0.25, 0.3) is 5.91 Å². The number of rotatable bonds is 6. The van der Waals surface area contributed by atoms with E-state index in [-0.39, 0.29) is 12.3 Å². The molecule has 1 aliphatic rings. The molecule has 0 radical (unpaired) electrons. The number of carbonyl (C=O) groups excluding carboxylic acids is 1. The number of amides is 1. The highest BCUT2D eigenvalue weighted by atomic mass is 32.2. The van der Waals surface area contributed by atoms with Crippen LogP contribution in [0.1, 0.15) is 24.1 Å². The van der Waals surface area contributed by atoms with Crippen LogP contribution in [0.2, 0.25) is 0 Å². The number of carboxylic acids is 1. The summed E-state index contributed by atoms with van der Waals surface area (Å²) in [6.07, 6.45) is 3.80. The summed E-state index contributed by atoms with van der Waals surface area (Å²) >= 11 is 6.47. The van der Waals surface area contributed by atoms with Crippen LogP contribution in [0.3, 0.4) is 0 Å². The van der Waals surface area contributed by atoms with E-state index >= 15 is 0 Å². The maximum absolute atomic E-state index is 12.6. The third-order valence-corrected chi connectivity index (χ3v) is 5.36. The SMILES string of the molecule is Cc1nc(-c2ccccc2)ncc1/C=C1\SC(=S)N(CCCC(=O)O)C1=O. The van der Waals surface area contributed by atoms with Gasteiger partial charge in [-0.3, -0.25) is 14.5 Å². The first kappa shape index (κ1) is 19.2. The summed E-state index contributed by atoms with van der Waals surface area (Å²) in [4.78, 5) is 34.1. The Morgan fingerprint density at radius 2 is 2.07 bits per heavy atom. The monoisotopic (exact) mass is 399 g/mol. The number of hydrogen-bond acceptors (Lipinski definition) is 6. The largest absolute Gasteiger partial charge is 0.481 e. The third-order valence-electron chi connectivity index (χ3n) is 3.98. The van der Waals surface area contributed by atoms with Gasteiger partial charge in [-0.15, -0.1) is 0 Å². The summed E-state index contributed by atoms with van der Waals surface area (Å²) in [5, 5.41) is 8.73. The Labute approximate surface area is 166 Å². The molecule has 2 heterocycles. The zero-order valence-corrected chi connectivity index (χ0v) is 16.2. The maximum atomic E-state index is 12.6. The van der Waals surface area contributed by atoms with Crippen LogP contribution in [0.15, 0.2) is 41.4 Å². The van der Waals surface area contributed by atoms with Crippen LogP contribution in [0, 0.1) is 6.92 Å². The molecule has 0 aliphatic carbocycles. The molecule has 1 fully saturated rings. The molecule has 1 aliphatic heterocycles. The summed E-state index contributed by atoms with van der Waals surface area (Å²) in [6.45, 7) is 2.17. The minimum Gasteiger partial charge on any atom is -0.481 e. The van der Waals surface area contributed by atoms with E-state index < -0.39 is 5.97 Å². The molecule has 1 N–H and O–H groups in total. The molecule has 1 aromatic carbocycles. The standard InChI is InChI=1S/C19H17N3O3S2/c1-12-14(11-20-17(21-12)13-6-3-2-4-7-13)10-15-18(25)22(19(26)27-15)9-5-8-16(23)24/h2-4,6-7,10-11H,5,8-9H2,1H3,(H,23,24)/b15-10-. The van der Waals surface area contributed by atoms with Gasteiger partial charge in [0.05, 0.1) is 4.91 Å². The molecule has 1 saturated heterocycles. The maximum Gasteiger partial charge on any atom is 0.303 e. The van der Waals surface area contributed by atoms with Gasteiger partial charge >= 0.3 is 5.97 Å². The lowest BCUT2D eigenvalue weighted by atomic mass is 10.2. The van der Waals surface area contributed by atoms with Crippen molar-refractivity contribution < 1.29 is 14.7 Å². The van der Waals surface area contributed by atoms with Crippen LogP contribution in [0.5, 0.6) is 0 Å². The summed E-state index contributed by atoms with van der Waals surface area (Å²) in [7, 11) is 0. The summed E-state index contributed by atoms with van der Waals surface area (Å²) in [5.74, 6) is -0.462. The second kappa shape index (κ2) is 8.41. The van der Waals surface area contributed by atoms with Gasteiger partial charge in [0.2, 0.25) is 0 Å². The van der Waals surface area contributed by atoms with Gasteiger partial charge in [-0.25, -0.2) is 9.97 Å². The van der Waals surface area contributed by atoms with Gasteiger partial charge in [-0.2, -0.15) is 0 Å². The number of benzene rings is 1. The number of aromatic nitrogens is 2. The smallest absolute Gasteiger partial charge is 0.303 e. The molecule has 0 saturated carbocycles. The minimum absolute atomic E-state index is 0.00397. The van der Waals surface area contributed by atoms with Crippen molar-refractivity contribution in [1.29, 1.82) is 0 Å². The first-order chi connectivity index (χ1) is 13.0. The van der Waals surface area contributed by atoms with E-state index in [2.05, 4.69) is 9.97 Å². The molecule has 2 aromatic rings. The fraction of sp³-hybridized carbons (Fsp3) is 0.211. The van der Waals surface area contributed by atoms with Crippen molar-refractivity contribution in [1.82, 2.24) is 14.9 Å². The number of aliphatic carboxylic acids is 1. The fourth-order valence-corrected chi connectivity index (χ4v) is 3.87. The lowest BCUT2D eigenvalue weighted by Gasteiger charge is -2.13. The predicted molar refractivity (Wildman–Crippen MR) is 109 cm³/mol. The fourth-order valence-electron chi connectivity index (χ4n) is 2.57. The Bertz CT molecular complexity index is 929. The van der Waals surface area contributed by atoms with Crippen molar-refractivity contribution in [2.45, 2.75) is 19.8 Å². The first-order valence-electron chi connectivity index (χ1n) is 8.32. The number of carbonyl (C=O) groups is 2. The molecule has 0 unspecified atom stereocenters. The summed E-state index contributed by atoms with van der Waals surface area (Å²) < 4.78 is 0.441. The lowest BCUT2D eigenvalue weighted by molar-refractivity contribution is -0.137. The zero-order chi connectivity index (χ0) is 19.4. The molecule has 0 spiro atoms. The van der Waals surface area contributed by atoms with E-state index in [4.69, 9.17) is 17.3 Å². The quantitative estimate of drug-likeness (QED) is 0.588. The number of thioether (sulfide) groups is 1. The van der Waals surface area contributed by atoms with E-state index in [0.717, 1.165) is 16.8 Å². The Morgan fingerprint density at radius 1 is 1.33 bits per heavy atom. The molecular weight excluding hydrogens is 382 g/mol. The van der Waals surface area contributed by atoms with Crippen LogP contribution < -0.4 is 0 Å². The molecular formula is C19H17N3O3S2. The van der Waals surface area contributed by atoms with Crippen molar-refractivity contribution >= 4 is 46.3 Å². The number of carboxylic acid groups (broad SMARTS) is 1. The van der Waals surface area contributed by atoms with Crippen LogP contribution >= 0.6 is 24.0 Å². The predicted octanol–water partition coefficient (Wildman–Crippen LogP) is 3.52. The zero-order valence-electron chi connectivity index (χ0n) is 14.6. The molecule has 0 atom stereocenters. The Morgan fingerprint density at radius 3 is 2.74 bits per heavy atom. The molecule has 8 heteroatoms. The van der Waals surface area contributed by atoms with Gasteiger partial charge < -0.3 is 5.11 Å². The summed E-state index contributed by atoms with van der Waals surface area (Å²) in [5.41, 5.74) is 2.44. The first-order valence-corrected chi connectivity index (χ1v) is 9.54. The molecule has 1 amide bonds. The lowest BCUT2D eigenvalue weighted by Crippen LogP contribution is -2.29. The van der Waals surface area contributed by atoms with Gasteiger partial charge in [0, 0.05) is 36.0 Å². The number of nitrogens with zero attached hydrogens (tertiary/aromatic N) is 3. The Kier molecular flexibility index (Phi) is 5.98. The van der Waals surface area contributed by atoms with Crippen molar-refractivity contribution in [3.05, 3.63) is 52.7 Å². The van der Waals surface area contributed by atoms with E-state index in [1.807, 2.05) is 37.3 Å². The van der Waals surface area contributed by atoms with Gasteiger partial charge in [-0.1, -0.05) is 54.3 Å². The normalized spacial score (nSPS) is 15.6. The number of thiocarbonyl (C=S) groups is 1. The highest BCUT2D eigenvalue weighted by Gasteiger charge is 2.31. The van der Waals surface area contributed by atoms with Gasteiger partial charge in [0.1, 0.15) is 4.32 Å². The van der Waals surface area contributed by atoms with Crippen LogP contribution in [0.25, 0.3) is 17.5 Å². The van der Waals surface area contributed by atoms with E-state index in [1.165, 1.54) is 16.7 Å². The van der Waals surface area contributed by atoms with Gasteiger partial charge in [0.15, 0.2) is 5.82 Å². The van der Waals surface area contributed by atoms with Crippen molar-refractivity contribution in [2.24, 2.45) is 0 Å². The molecule has 6 nitrogen and oxygen atoms in total. The van der Waals surface area contributed by atoms with Crippen molar-refractivity contribution in [3.8, 4) is 11.4 Å². The average Bonchev–Trinajstić information content (AvgIpc) is 2.91. The topological polar surface area (TPSA) is 83.4 Å². The average molecular weight is 399 g/mol. The van der Waals surface area contributed by atoms with Gasteiger partial charge in [-0.05, 0) is 19.4 Å². The second-order valence-electron chi connectivity index (χ2n) is 5.93. The highest BCUT2D eigenvalue weighted by molar-refractivity contribution is 8.26. The van der Waals surface area contributed by atoms with Crippen LogP contribution in [0.4, 0.5) is 0 Å². The van der Waals surface area contributed by atoms with E-state index in [0.29, 0.717) is 28.0 Å². The Hall–Kier alpha value is -2.58. The Balaban J connectivity index is 1.77. The third kappa shape index (κ3) is 4.58. The van der Waals surface area contributed by atoms with Crippen LogP contribution in [-0.4, -0.2) is 42.7 Å².